The van der Waals surface area contributed by atoms with Crippen LogP contribution in [0.3, 0.4) is 0 Å². The first-order valence-corrected chi connectivity index (χ1v) is 19.2. The number of fused-ring (bicyclic) bond motifs is 7. The summed E-state index contributed by atoms with van der Waals surface area (Å²) in [6, 6.07) is 78.5. The maximum atomic E-state index is 7.02. The molecule has 0 aliphatic carbocycles. The molecule has 1 aliphatic rings. The van der Waals surface area contributed by atoms with E-state index in [1.54, 1.807) is 0 Å². The zero-order chi connectivity index (χ0) is 37.1. The highest BCUT2D eigenvalue weighted by Crippen LogP contribution is 2.59. The van der Waals surface area contributed by atoms with Crippen LogP contribution >= 0.6 is 0 Å². The average Bonchev–Trinajstić information content (AvgIpc) is 3.67. The van der Waals surface area contributed by atoms with Crippen molar-refractivity contribution in [1.29, 1.82) is 0 Å². The normalized spacial score (nSPS) is 13.1. The lowest BCUT2D eigenvalue weighted by Crippen LogP contribution is -2.37. The molecule has 9 aromatic carbocycles. The SMILES string of the molecule is c1ccc(N(c2ccccc2)c2ccc(N3c4ccccc4C(c4ccccc4)(c4cc5ccccc5c5c4oc4ccccc45)c4ccccc43)cc2)cc1. The second-order valence-corrected chi connectivity index (χ2v) is 14.5. The van der Waals surface area contributed by atoms with E-state index in [-0.39, 0.29) is 0 Å². The van der Waals surface area contributed by atoms with Gasteiger partial charge >= 0.3 is 0 Å². The molecular weight excluding hydrogens is 681 g/mol. The molecule has 0 saturated carbocycles. The van der Waals surface area contributed by atoms with Crippen molar-refractivity contribution < 1.29 is 4.42 Å². The Morgan fingerprint density at radius 1 is 0.411 bits per heavy atom. The summed E-state index contributed by atoms with van der Waals surface area (Å²) in [5, 5.41) is 4.66. The lowest BCUT2D eigenvalue weighted by molar-refractivity contribution is 0.644. The molecule has 2 heterocycles. The highest BCUT2D eigenvalue weighted by atomic mass is 16.3. The zero-order valence-electron chi connectivity index (χ0n) is 30.6. The van der Waals surface area contributed by atoms with Gasteiger partial charge in [0.25, 0.3) is 0 Å². The third-order valence-electron chi connectivity index (χ3n) is 11.5. The zero-order valence-corrected chi connectivity index (χ0v) is 30.6. The first-order chi connectivity index (χ1) is 27.8. The molecule has 3 heteroatoms. The minimum atomic E-state index is -0.710. The van der Waals surface area contributed by atoms with Gasteiger partial charge in [-0.25, -0.2) is 0 Å². The topological polar surface area (TPSA) is 19.6 Å². The number of furan rings is 1. The molecule has 56 heavy (non-hydrogen) atoms. The molecule has 1 aliphatic heterocycles. The van der Waals surface area contributed by atoms with E-state index in [0.29, 0.717) is 0 Å². The molecule has 1 aromatic heterocycles. The Morgan fingerprint density at radius 3 is 1.55 bits per heavy atom. The first-order valence-electron chi connectivity index (χ1n) is 19.2. The first kappa shape index (κ1) is 32.1. The highest BCUT2D eigenvalue weighted by molar-refractivity contribution is 6.20. The lowest BCUT2D eigenvalue weighted by atomic mass is 9.62. The number of rotatable bonds is 6. The lowest BCUT2D eigenvalue weighted by Gasteiger charge is -2.46. The monoisotopic (exact) mass is 716 g/mol. The smallest absolute Gasteiger partial charge is 0.140 e. The predicted octanol–water partition coefficient (Wildman–Crippen LogP) is 14.4. The molecule has 0 saturated heterocycles. The third-order valence-corrected chi connectivity index (χ3v) is 11.5. The van der Waals surface area contributed by atoms with Crippen molar-refractivity contribution in [1.82, 2.24) is 0 Å². The minimum Gasteiger partial charge on any atom is -0.456 e. The maximum Gasteiger partial charge on any atom is 0.140 e. The molecule has 0 spiro atoms. The van der Waals surface area contributed by atoms with Crippen LogP contribution in [-0.2, 0) is 5.41 Å². The van der Waals surface area contributed by atoms with Crippen molar-refractivity contribution >= 4 is 66.8 Å². The Kier molecular flexibility index (Phi) is 7.39. The van der Waals surface area contributed by atoms with Crippen LogP contribution in [0.5, 0.6) is 0 Å². The fourth-order valence-corrected chi connectivity index (χ4v) is 9.17. The van der Waals surface area contributed by atoms with Crippen LogP contribution in [-0.4, -0.2) is 0 Å². The molecule has 0 atom stereocenters. The van der Waals surface area contributed by atoms with Crippen LogP contribution in [0.2, 0.25) is 0 Å². The van der Waals surface area contributed by atoms with Crippen molar-refractivity contribution in [2.75, 3.05) is 9.80 Å². The molecule has 264 valence electrons. The van der Waals surface area contributed by atoms with E-state index in [0.717, 1.165) is 61.6 Å². The molecule has 3 nitrogen and oxygen atoms in total. The van der Waals surface area contributed by atoms with E-state index in [1.807, 2.05) is 0 Å². The number of hydrogen-bond acceptors (Lipinski definition) is 3. The van der Waals surface area contributed by atoms with E-state index in [2.05, 4.69) is 228 Å². The summed E-state index contributed by atoms with van der Waals surface area (Å²) in [5.74, 6) is 0. The number of nitrogens with zero attached hydrogens (tertiary/aromatic N) is 2. The Balaban J connectivity index is 1.18. The maximum absolute atomic E-state index is 7.02. The standard InChI is InChI=1S/C53H36N2O/c1-4-19-38(20-5-1)53(47-36-37-18-10-11-25-43(37)51-44-26-12-17-31-50(44)56-52(47)51)45-27-13-15-29-48(45)55(49-30-16-14-28-46(49)53)42-34-32-41(33-35-42)54(39-21-6-2-7-22-39)40-23-8-3-9-24-40/h1-36H. The Morgan fingerprint density at radius 2 is 0.911 bits per heavy atom. The van der Waals surface area contributed by atoms with Gasteiger partial charge in [-0.2, -0.15) is 0 Å². The number of anilines is 6. The molecule has 0 N–H and O–H groups in total. The van der Waals surface area contributed by atoms with Gasteiger partial charge in [0, 0.05) is 39.1 Å². The minimum absolute atomic E-state index is 0.710. The highest BCUT2D eigenvalue weighted by Gasteiger charge is 2.48. The van der Waals surface area contributed by atoms with Crippen LogP contribution < -0.4 is 9.80 Å². The van der Waals surface area contributed by atoms with Gasteiger partial charge in [-0.15, -0.1) is 0 Å². The molecule has 0 amide bonds. The van der Waals surface area contributed by atoms with Gasteiger partial charge < -0.3 is 14.2 Å². The van der Waals surface area contributed by atoms with Gasteiger partial charge in [0.05, 0.1) is 16.8 Å². The Hall–Kier alpha value is -7.36. The molecule has 11 rings (SSSR count). The van der Waals surface area contributed by atoms with E-state index >= 15 is 0 Å². The summed E-state index contributed by atoms with van der Waals surface area (Å²) in [6.45, 7) is 0. The van der Waals surface area contributed by atoms with Crippen molar-refractivity contribution in [3.63, 3.8) is 0 Å². The van der Waals surface area contributed by atoms with Gasteiger partial charge in [0.15, 0.2) is 0 Å². The van der Waals surface area contributed by atoms with Crippen LogP contribution in [0.15, 0.2) is 223 Å². The van der Waals surface area contributed by atoms with Crippen LogP contribution in [0.25, 0.3) is 32.7 Å². The van der Waals surface area contributed by atoms with Crippen molar-refractivity contribution in [3.8, 4) is 0 Å². The van der Waals surface area contributed by atoms with Crippen molar-refractivity contribution in [3.05, 3.63) is 241 Å². The van der Waals surface area contributed by atoms with Gasteiger partial charge in [-0.3, -0.25) is 0 Å². The van der Waals surface area contributed by atoms with Gasteiger partial charge in [-0.05, 0) is 100 Å². The summed E-state index contributed by atoms with van der Waals surface area (Å²) >= 11 is 0. The van der Waals surface area contributed by atoms with Crippen LogP contribution in [0.4, 0.5) is 34.1 Å². The third kappa shape index (κ3) is 4.77. The summed E-state index contributed by atoms with van der Waals surface area (Å²) in [6.07, 6.45) is 0. The summed E-state index contributed by atoms with van der Waals surface area (Å²) < 4.78 is 7.02. The fraction of sp³-hybridized carbons (Fsp3) is 0.0189. The second kappa shape index (κ2) is 12.9. The largest absolute Gasteiger partial charge is 0.456 e. The van der Waals surface area contributed by atoms with E-state index < -0.39 is 5.41 Å². The summed E-state index contributed by atoms with van der Waals surface area (Å²) in [4.78, 5) is 4.74. The Bertz CT molecular complexity index is 2940. The predicted molar refractivity (Wildman–Crippen MR) is 232 cm³/mol. The van der Waals surface area contributed by atoms with Gasteiger partial charge in [-0.1, -0.05) is 146 Å². The number of para-hydroxylation sites is 5. The second-order valence-electron chi connectivity index (χ2n) is 14.5. The quantitative estimate of drug-likeness (QED) is 0.171. The van der Waals surface area contributed by atoms with Crippen molar-refractivity contribution in [2.45, 2.75) is 5.41 Å². The molecule has 10 aromatic rings. The number of benzene rings is 9. The molecule has 0 fully saturated rings. The number of hydrogen-bond donors (Lipinski definition) is 0. The van der Waals surface area contributed by atoms with E-state index in [9.17, 15) is 0 Å². The van der Waals surface area contributed by atoms with Crippen LogP contribution in [0.1, 0.15) is 22.3 Å². The Labute approximate surface area is 325 Å². The summed E-state index contributed by atoms with van der Waals surface area (Å²) in [5.41, 5.74) is 12.5. The van der Waals surface area contributed by atoms with Gasteiger partial charge in [0.1, 0.15) is 11.2 Å². The van der Waals surface area contributed by atoms with Crippen molar-refractivity contribution in [2.24, 2.45) is 0 Å². The van der Waals surface area contributed by atoms with E-state index in [1.165, 1.54) is 27.5 Å². The summed E-state index contributed by atoms with van der Waals surface area (Å²) in [7, 11) is 0. The fourth-order valence-electron chi connectivity index (χ4n) is 9.17. The van der Waals surface area contributed by atoms with Crippen LogP contribution in [0, 0.1) is 0 Å². The molecule has 0 radical (unpaired) electrons. The molecular formula is C53H36N2O. The molecule has 0 unspecified atom stereocenters. The van der Waals surface area contributed by atoms with Gasteiger partial charge in [0.2, 0.25) is 0 Å². The van der Waals surface area contributed by atoms with E-state index in [4.69, 9.17) is 4.42 Å². The molecule has 0 bridgehead atoms. The average molecular weight is 717 g/mol.